The van der Waals surface area contributed by atoms with Crippen molar-refractivity contribution in [1.82, 2.24) is 4.90 Å². The molecule has 0 radical (unpaired) electrons. The molecule has 1 aliphatic rings. The standard InChI is InChI=1S/C14H15Cl2NO3/c1-14(13(19)20)5-2-6-17(8-14)12(18)9-3-4-10(15)11(16)7-9/h3-4,7H,2,5-6,8H2,1H3,(H,19,20). The fourth-order valence-corrected chi connectivity index (χ4v) is 2.70. The van der Waals surface area contributed by atoms with E-state index in [1.54, 1.807) is 24.0 Å². The summed E-state index contributed by atoms with van der Waals surface area (Å²) in [6.07, 6.45) is 1.25. The van der Waals surface area contributed by atoms with Crippen LogP contribution in [0.15, 0.2) is 18.2 Å². The number of benzene rings is 1. The lowest BCUT2D eigenvalue weighted by molar-refractivity contribution is -0.150. The van der Waals surface area contributed by atoms with Gasteiger partial charge < -0.3 is 10.0 Å². The molecule has 0 bridgehead atoms. The maximum atomic E-state index is 12.4. The van der Waals surface area contributed by atoms with Crippen molar-refractivity contribution < 1.29 is 14.7 Å². The maximum Gasteiger partial charge on any atom is 0.311 e. The van der Waals surface area contributed by atoms with Crippen molar-refractivity contribution in [3.8, 4) is 0 Å². The minimum atomic E-state index is -0.885. The molecule has 0 aromatic heterocycles. The number of carbonyl (C=O) groups excluding carboxylic acids is 1. The summed E-state index contributed by atoms with van der Waals surface area (Å²) in [6, 6.07) is 4.68. The van der Waals surface area contributed by atoms with Crippen LogP contribution >= 0.6 is 23.2 Å². The van der Waals surface area contributed by atoms with Gasteiger partial charge in [-0.3, -0.25) is 9.59 Å². The van der Waals surface area contributed by atoms with Crippen LogP contribution in [0, 0.1) is 5.41 Å². The molecule has 0 spiro atoms. The van der Waals surface area contributed by atoms with Crippen molar-refractivity contribution in [3.63, 3.8) is 0 Å². The van der Waals surface area contributed by atoms with Gasteiger partial charge in [0.15, 0.2) is 0 Å². The predicted molar refractivity (Wildman–Crippen MR) is 77.3 cm³/mol. The average Bonchev–Trinajstić information content (AvgIpc) is 2.41. The lowest BCUT2D eigenvalue weighted by Gasteiger charge is -2.37. The number of rotatable bonds is 2. The number of halogens is 2. The van der Waals surface area contributed by atoms with Crippen molar-refractivity contribution >= 4 is 35.1 Å². The molecule has 1 heterocycles. The maximum absolute atomic E-state index is 12.4. The molecule has 1 saturated heterocycles. The summed E-state index contributed by atoms with van der Waals surface area (Å²) >= 11 is 11.7. The van der Waals surface area contributed by atoms with E-state index in [0.717, 1.165) is 0 Å². The number of nitrogens with zero attached hydrogens (tertiary/aromatic N) is 1. The van der Waals surface area contributed by atoms with Gasteiger partial charge in [0.25, 0.3) is 5.91 Å². The highest BCUT2D eigenvalue weighted by Crippen LogP contribution is 2.31. The van der Waals surface area contributed by atoms with Gasteiger partial charge in [0.2, 0.25) is 0 Å². The van der Waals surface area contributed by atoms with Crippen molar-refractivity contribution in [3.05, 3.63) is 33.8 Å². The number of piperidine rings is 1. The summed E-state index contributed by atoms with van der Waals surface area (Å²) < 4.78 is 0. The quantitative estimate of drug-likeness (QED) is 0.910. The molecular weight excluding hydrogens is 301 g/mol. The largest absolute Gasteiger partial charge is 0.481 e. The highest BCUT2D eigenvalue weighted by molar-refractivity contribution is 6.42. The predicted octanol–water partition coefficient (Wildman–Crippen LogP) is 3.32. The van der Waals surface area contributed by atoms with Gasteiger partial charge in [0, 0.05) is 18.7 Å². The molecule has 1 atom stereocenters. The number of likely N-dealkylation sites (tertiary alicyclic amines) is 1. The lowest BCUT2D eigenvalue weighted by atomic mass is 9.82. The minimum Gasteiger partial charge on any atom is -0.481 e. The van der Waals surface area contributed by atoms with Crippen LogP contribution in [0.4, 0.5) is 0 Å². The SMILES string of the molecule is CC1(C(=O)O)CCCN(C(=O)c2ccc(Cl)c(Cl)c2)C1. The average molecular weight is 316 g/mol. The van der Waals surface area contributed by atoms with Gasteiger partial charge in [-0.15, -0.1) is 0 Å². The molecule has 1 aromatic rings. The number of carbonyl (C=O) groups is 2. The third kappa shape index (κ3) is 2.91. The smallest absolute Gasteiger partial charge is 0.311 e. The summed E-state index contributed by atoms with van der Waals surface area (Å²) in [5.41, 5.74) is -0.460. The molecule has 2 rings (SSSR count). The molecule has 4 nitrogen and oxygen atoms in total. The third-order valence-electron chi connectivity index (χ3n) is 3.67. The second kappa shape index (κ2) is 5.62. The fraction of sp³-hybridized carbons (Fsp3) is 0.429. The highest BCUT2D eigenvalue weighted by Gasteiger charge is 2.39. The van der Waals surface area contributed by atoms with Gasteiger partial charge in [0.05, 0.1) is 15.5 Å². The number of carboxylic acids is 1. The van der Waals surface area contributed by atoms with Crippen LogP contribution in [0.5, 0.6) is 0 Å². The Balaban J connectivity index is 2.20. The van der Waals surface area contributed by atoms with E-state index in [0.29, 0.717) is 35.0 Å². The van der Waals surface area contributed by atoms with Gasteiger partial charge in [-0.2, -0.15) is 0 Å². The molecule has 0 aliphatic carbocycles. The fourth-order valence-electron chi connectivity index (χ4n) is 2.40. The van der Waals surface area contributed by atoms with Crippen molar-refractivity contribution in [1.29, 1.82) is 0 Å². The summed E-state index contributed by atoms with van der Waals surface area (Å²) in [6.45, 7) is 2.44. The van der Waals surface area contributed by atoms with Gasteiger partial charge >= 0.3 is 5.97 Å². The van der Waals surface area contributed by atoms with E-state index in [-0.39, 0.29) is 12.5 Å². The Labute approximate surface area is 127 Å². The molecule has 1 fully saturated rings. The molecule has 1 N–H and O–H groups in total. The molecule has 1 unspecified atom stereocenters. The normalized spacial score (nSPS) is 22.6. The van der Waals surface area contributed by atoms with Gasteiger partial charge in [-0.25, -0.2) is 0 Å². The van der Waals surface area contributed by atoms with E-state index >= 15 is 0 Å². The zero-order valence-corrected chi connectivity index (χ0v) is 12.5. The zero-order chi connectivity index (χ0) is 14.9. The second-order valence-electron chi connectivity index (χ2n) is 5.32. The number of carboxylic acid groups (broad SMARTS) is 1. The second-order valence-corrected chi connectivity index (χ2v) is 6.14. The Morgan fingerprint density at radius 3 is 2.60 bits per heavy atom. The van der Waals surface area contributed by atoms with Crippen LogP contribution in [0.25, 0.3) is 0 Å². The molecule has 1 amide bonds. The number of hydrogen-bond acceptors (Lipinski definition) is 2. The summed E-state index contributed by atoms with van der Waals surface area (Å²) in [4.78, 5) is 25.3. The first-order valence-electron chi connectivity index (χ1n) is 6.31. The minimum absolute atomic E-state index is 0.210. The van der Waals surface area contributed by atoms with Crippen molar-refractivity contribution in [2.24, 2.45) is 5.41 Å². The monoisotopic (exact) mass is 315 g/mol. The Bertz CT molecular complexity index is 561. The number of amides is 1. The lowest BCUT2D eigenvalue weighted by Crippen LogP contribution is -2.48. The van der Waals surface area contributed by atoms with Crippen LogP contribution < -0.4 is 0 Å². The molecule has 1 aromatic carbocycles. The Morgan fingerprint density at radius 1 is 1.30 bits per heavy atom. The van der Waals surface area contributed by atoms with E-state index in [1.165, 1.54) is 6.07 Å². The van der Waals surface area contributed by atoms with Crippen LogP contribution in [0.3, 0.4) is 0 Å². The topological polar surface area (TPSA) is 57.6 Å². The van der Waals surface area contributed by atoms with Gasteiger partial charge in [0.1, 0.15) is 0 Å². The van der Waals surface area contributed by atoms with Gasteiger partial charge in [-0.05, 0) is 38.0 Å². The van der Waals surface area contributed by atoms with Gasteiger partial charge in [-0.1, -0.05) is 23.2 Å². The molecule has 1 aliphatic heterocycles. The van der Waals surface area contributed by atoms with E-state index in [4.69, 9.17) is 23.2 Å². The first kappa shape index (κ1) is 15.1. The Hall–Kier alpha value is -1.26. The Kier molecular flexibility index (Phi) is 4.25. The molecule has 0 saturated carbocycles. The zero-order valence-electron chi connectivity index (χ0n) is 11.0. The summed E-state index contributed by atoms with van der Waals surface area (Å²) in [5, 5.41) is 9.97. The van der Waals surface area contributed by atoms with Crippen molar-refractivity contribution in [2.45, 2.75) is 19.8 Å². The summed E-state index contributed by atoms with van der Waals surface area (Å²) in [5.74, 6) is -1.08. The van der Waals surface area contributed by atoms with E-state index < -0.39 is 11.4 Å². The summed E-state index contributed by atoms with van der Waals surface area (Å²) in [7, 11) is 0. The van der Waals surface area contributed by atoms with E-state index in [2.05, 4.69) is 0 Å². The first-order valence-corrected chi connectivity index (χ1v) is 7.07. The van der Waals surface area contributed by atoms with E-state index in [9.17, 15) is 14.7 Å². The number of aliphatic carboxylic acids is 1. The molecular formula is C14H15Cl2NO3. The highest BCUT2D eigenvalue weighted by atomic mass is 35.5. The van der Waals surface area contributed by atoms with Crippen LogP contribution in [0.2, 0.25) is 10.0 Å². The Morgan fingerprint density at radius 2 is 2.00 bits per heavy atom. The van der Waals surface area contributed by atoms with E-state index in [1.807, 2.05) is 0 Å². The van der Waals surface area contributed by atoms with Crippen molar-refractivity contribution in [2.75, 3.05) is 13.1 Å². The third-order valence-corrected chi connectivity index (χ3v) is 4.41. The first-order chi connectivity index (χ1) is 9.33. The molecule has 6 heteroatoms. The molecule has 108 valence electrons. The number of hydrogen-bond donors (Lipinski definition) is 1. The van der Waals surface area contributed by atoms with Crippen LogP contribution in [-0.4, -0.2) is 35.0 Å². The van der Waals surface area contributed by atoms with Crippen LogP contribution in [0.1, 0.15) is 30.1 Å². The van der Waals surface area contributed by atoms with Crippen LogP contribution in [-0.2, 0) is 4.79 Å². The molecule has 20 heavy (non-hydrogen) atoms.